The molecule has 0 aliphatic carbocycles. The van der Waals surface area contributed by atoms with Crippen LogP contribution in [-0.4, -0.2) is 9.97 Å². The highest BCUT2D eigenvalue weighted by molar-refractivity contribution is 5.56. The highest BCUT2D eigenvalue weighted by Crippen LogP contribution is 2.30. The maximum Gasteiger partial charge on any atom is 0.416 e. The molecule has 1 aromatic heterocycles. The van der Waals surface area contributed by atoms with Crippen molar-refractivity contribution in [3.8, 4) is 11.4 Å². The fourth-order valence-corrected chi connectivity index (χ4v) is 1.97. The summed E-state index contributed by atoms with van der Waals surface area (Å²) >= 11 is 0. The lowest BCUT2D eigenvalue weighted by Crippen LogP contribution is -2.08. The molecule has 3 nitrogen and oxygen atoms in total. The van der Waals surface area contributed by atoms with E-state index in [1.807, 2.05) is 13.8 Å². The largest absolute Gasteiger partial charge is 0.416 e. The van der Waals surface area contributed by atoms with Gasteiger partial charge in [0.15, 0.2) is 5.82 Å². The second kappa shape index (κ2) is 5.20. The number of hydrogen-bond donors (Lipinski definition) is 1. The molecule has 0 bridgehead atoms. The van der Waals surface area contributed by atoms with Gasteiger partial charge in [0.2, 0.25) is 0 Å². The number of hydrogen-bond acceptors (Lipinski definition) is 3. The van der Waals surface area contributed by atoms with Gasteiger partial charge in [-0.25, -0.2) is 9.97 Å². The molecule has 106 valence electrons. The quantitative estimate of drug-likeness (QED) is 0.919. The molecule has 20 heavy (non-hydrogen) atoms. The molecular formula is C14H14F3N3. The van der Waals surface area contributed by atoms with Crippen LogP contribution < -0.4 is 5.73 Å². The topological polar surface area (TPSA) is 51.8 Å². The van der Waals surface area contributed by atoms with Gasteiger partial charge < -0.3 is 5.73 Å². The van der Waals surface area contributed by atoms with Crippen LogP contribution in [0.2, 0.25) is 0 Å². The van der Waals surface area contributed by atoms with Crippen molar-refractivity contribution >= 4 is 0 Å². The van der Waals surface area contributed by atoms with E-state index in [2.05, 4.69) is 9.97 Å². The van der Waals surface area contributed by atoms with E-state index in [1.165, 1.54) is 12.1 Å². The maximum absolute atomic E-state index is 12.5. The summed E-state index contributed by atoms with van der Waals surface area (Å²) in [5.41, 5.74) is 7.82. The van der Waals surface area contributed by atoms with Crippen LogP contribution >= 0.6 is 0 Å². The Morgan fingerprint density at radius 3 is 1.90 bits per heavy atom. The number of aryl methyl sites for hydroxylation is 2. The summed E-state index contributed by atoms with van der Waals surface area (Å²) in [6, 6.07) is 4.80. The van der Waals surface area contributed by atoms with Crippen LogP contribution in [0.3, 0.4) is 0 Å². The van der Waals surface area contributed by atoms with Gasteiger partial charge >= 0.3 is 6.18 Å². The first-order valence-corrected chi connectivity index (χ1v) is 6.04. The third-order valence-corrected chi connectivity index (χ3v) is 3.10. The smallest absolute Gasteiger partial charge is 0.326 e. The molecule has 0 atom stereocenters. The predicted molar refractivity (Wildman–Crippen MR) is 69.8 cm³/mol. The van der Waals surface area contributed by atoms with Gasteiger partial charge in [-0.2, -0.15) is 13.2 Å². The van der Waals surface area contributed by atoms with Crippen LogP contribution in [0.1, 0.15) is 22.5 Å². The van der Waals surface area contributed by atoms with Gasteiger partial charge in [-0.1, -0.05) is 12.1 Å². The normalized spacial score (nSPS) is 11.7. The van der Waals surface area contributed by atoms with Crippen molar-refractivity contribution in [2.24, 2.45) is 5.73 Å². The van der Waals surface area contributed by atoms with E-state index in [4.69, 9.17) is 5.73 Å². The molecule has 1 aromatic carbocycles. The molecule has 0 spiro atoms. The molecule has 0 aliphatic rings. The number of nitrogens with two attached hydrogens (primary N) is 1. The number of rotatable bonds is 2. The van der Waals surface area contributed by atoms with Crippen molar-refractivity contribution in [1.29, 1.82) is 0 Å². The van der Waals surface area contributed by atoms with Crippen molar-refractivity contribution in [3.63, 3.8) is 0 Å². The first kappa shape index (κ1) is 14.5. The summed E-state index contributed by atoms with van der Waals surface area (Å²) in [6.45, 7) is 3.96. The summed E-state index contributed by atoms with van der Waals surface area (Å²) in [7, 11) is 0. The molecule has 2 N–H and O–H groups in total. The summed E-state index contributed by atoms with van der Waals surface area (Å²) in [6.07, 6.45) is -4.34. The van der Waals surface area contributed by atoms with Crippen LogP contribution in [0.15, 0.2) is 24.3 Å². The Balaban J connectivity index is 2.42. The van der Waals surface area contributed by atoms with Crippen molar-refractivity contribution in [1.82, 2.24) is 9.97 Å². The Hall–Kier alpha value is -1.95. The first-order valence-electron chi connectivity index (χ1n) is 6.04. The summed E-state index contributed by atoms with van der Waals surface area (Å²) in [5, 5.41) is 0. The fraction of sp³-hybridized carbons (Fsp3) is 0.286. The third kappa shape index (κ3) is 2.80. The zero-order valence-electron chi connectivity index (χ0n) is 11.1. The summed E-state index contributed by atoms with van der Waals surface area (Å²) in [5.74, 6) is 0.408. The number of halogens is 3. The molecule has 0 fully saturated rings. The zero-order valence-corrected chi connectivity index (χ0v) is 11.1. The number of nitrogens with zero attached hydrogens (tertiary/aromatic N) is 2. The Bertz CT molecular complexity index is 596. The number of alkyl halides is 3. The molecule has 2 aromatic rings. The second-order valence-electron chi connectivity index (χ2n) is 4.48. The van der Waals surface area contributed by atoms with E-state index < -0.39 is 11.7 Å². The van der Waals surface area contributed by atoms with E-state index in [0.29, 0.717) is 17.9 Å². The molecule has 0 radical (unpaired) electrons. The monoisotopic (exact) mass is 281 g/mol. The van der Waals surface area contributed by atoms with E-state index >= 15 is 0 Å². The zero-order chi connectivity index (χ0) is 14.9. The highest BCUT2D eigenvalue weighted by Gasteiger charge is 2.30. The van der Waals surface area contributed by atoms with Crippen LogP contribution in [0.4, 0.5) is 13.2 Å². The van der Waals surface area contributed by atoms with Crippen LogP contribution in [0, 0.1) is 13.8 Å². The lowest BCUT2D eigenvalue weighted by Gasteiger charge is -2.10. The maximum atomic E-state index is 12.5. The molecule has 1 heterocycles. The highest BCUT2D eigenvalue weighted by atomic mass is 19.4. The third-order valence-electron chi connectivity index (χ3n) is 3.10. The van der Waals surface area contributed by atoms with Crippen molar-refractivity contribution in [3.05, 3.63) is 46.8 Å². The van der Waals surface area contributed by atoms with Gasteiger partial charge in [0.05, 0.1) is 5.56 Å². The lowest BCUT2D eigenvalue weighted by atomic mass is 10.1. The average molecular weight is 281 g/mol. The van der Waals surface area contributed by atoms with Gasteiger partial charge in [-0.05, 0) is 26.0 Å². The van der Waals surface area contributed by atoms with E-state index in [-0.39, 0.29) is 0 Å². The molecule has 2 rings (SSSR count). The van der Waals surface area contributed by atoms with Crippen LogP contribution in [0.25, 0.3) is 11.4 Å². The van der Waals surface area contributed by atoms with E-state index in [9.17, 15) is 13.2 Å². The number of benzene rings is 1. The van der Waals surface area contributed by atoms with E-state index in [0.717, 1.165) is 29.1 Å². The Morgan fingerprint density at radius 1 is 1.00 bits per heavy atom. The van der Waals surface area contributed by atoms with Crippen molar-refractivity contribution in [2.75, 3.05) is 0 Å². The molecule has 0 aliphatic heterocycles. The molecule has 0 amide bonds. The number of aromatic nitrogens is 2. The molecule has 0 unspecified atom stereocenters. The second-order valence-corrected chi connectivity index (χ2v) is 4.48. The van der Waals surface area contributed by atoms with Gasteiger partial charge in [-0.15, -0.1) is 0 Å². The van der Waals surface area contributed by atoms with Crippen LogP contribution in [0.5, 0.6) is 0 Å². The summed E-state index contributed by atoms with van der Waals surface area (Å²) < 4.78 is 37.5. The molecular weight excluding hydrogens is 267 g/mol. The van der Waals surface area contributed by atoms with Crippen molar-refractivity contribution < 1.29 is 13.2 Å². The van der Waals surface area contributed by atoms with Gasteiger partial charge in [0, 0.05) is 29.1 Å². The van der Waals surface area contributed by atoms with Gasteiger partial charge in [0.25, 0.3) is 0 Å². The van der Waals surface area contributed by atoms with Crippen molar-refractivity contribution in [2.45, 2.75) is 26.6 Å². The fourth-order valence-electron chi connectivity index (χ4n) is 1.97. The van der Waals surface area contributed by atoms with Crippen LogP contribution in [-0.2, 0) is 12.7 Å². The minimum Gasteiger partial charge on any atom is -0.326 e. The SMILES string of the molecule is Cc1nc(-c2ccc(C(F)(F)F)cc2)nc(C)c1CN. The average Bonchev–Trinajstić information content (AvgIpc) is 2.37. The molecule has 0 saturated carbocycles. The van der Waals surface area contributed by atoms with E-state index in [1.54, 1.807) is 0 Å². The summed E-state index contributed by atoms with van der Waals surface area (Å²) in [4.78, 5) is 8.59. The standard InChI is InChI=1S/C14H14F3N3/c1-8-12(7-18)9(2)20-13(19-8)10-3-5-11(6-4-10)14(15,16)17/h3-6H,7,18H2,1-2H3. The lowest BCUT2D eigenvalue weighted by molar-refractivity contribution is -0.137. The Kier molecular flexibility index (Phi) is 3.76. The van der Waals surface area contributed by atoms with Gasteiger partial charge in [0.1, 0.15) is 0 Å². The Morgan fingerprint density at radius 2 is 1.50 bits per heavy atom. The minimum atomic E-state index is -4.34. The minimum absolute atomic E-state index is 0.338. The molecule has 0 saturated heterocycles. The predicted octanol–water partition coefficient (Wildman–Crippen LogP) is 3.24. The van der Waals surface area contributed by atoms with Gasteiger partial charge in [-0.3, -0.25) is 0 Å². The Labute approximate surface area is 114 Å². The molecule has 6 heteroatoms. The first-order chi connectivity index (χ1) is 9.32.